The molecular formula is C14H15BrClNO3. The van der Waals surface area contributed by atoms with E-state index in [0.717, 1.165) is 10.9 Å². The first-order valence-electron chi connectivity index (χ1n) is 6.43. The molecule has 0 aliphatic carbocycles. The maximum Gasteiger partial charge on any atom is 0.303 e. The van der Waals surface area contributed by atoms with Gasteiger partial charge in [0.05, 0.1) is 5.02 Å². The topological polar surface area (TPSA) is 57.6 Å². The lowest BCUT2D eigenvalue weighted by Gasteiger charge is -2.16. The fourth-order valence-electron chi connectivity index (χ4n) is 2.39. The van der Waals surface area contributed by atoms with E-state index in [9.17, 15) is 9.59 Å². The Bertz CT molecular complexity index is 535. The van der Waals surface area contributed by atoms with Crippen molar-refractivity contribution < 1.29 is 14.7 Å². The second-order valence-corrected chi connectivity index (χ2v) is 6.23. The number of rotatable bonds is 4. The summed E-state index contributed by atoms with van der Waals surface area (Å²) in [5, 5.41) is 9.20. The van der Waals surface area contributed by atoms with E-state index in [2.05, 4.69) is 15.9 Å². The summed E-state index contributed by atoms with van der Waals surface area (Å²) in [6, 6.07) is 5.15. The average Bonchev–Trinajstić information content (AvgIpc) is 2.87. The van der Waals surface area contributed by atoms with Gasteiger partial charge in [-0.1, -0.05) is 11.6 Å². The van der Waals surface area contributed by atoms with Gasteiger partial charge in [-0.15, -0.1) is 0 Å². The molecule has 20 heavy (non-hydrogen) atoms. The van der Waals surface area contributed by atoms with Crippen molar-refractivity contribution in [2.45, 2.75) is 19.3 Å². The monoisotopic (exact) mass is 359 g/mol. The lowest BCUT2D eigenvalue weighted by atomic mass is 10.0. The minimum atomic E-state index is -0.783. The highest BCUT2D eigenvalue weighted by Crippen LogP contribution is 2.26. The van der Waals surface area contributed by atoms with Gasteiger partial charge >= 0.3 is 5.97 Å². The van der Waals surface area contributed by atoms with Crippen molar-refractivity contribution in [3.63, 3.8) is 0 Å². The molecule has 6 heteroatoms. The van der Waals surface area contributed by atoms with Gasteiger partial charge in [0, 0.05) is 29.5 Å². The fraction of sp³-hybridized carbons (Fsp3) is 0.429. The van der Waals surface area contributed by atoms with Gasteiger partial charge in [-0.05, 0) is 52.9 Å². The summed E-state index contributed by atoms with van der Waals surface area (Å²) in [6.45, 7) is 1.30. The Morgan fingerprint density at radius 2 is 2.20 bits per heavy atom. The number of nitrogens with zero attached hydrogens (tertiary/aromatic N) is 1. The quantitative estimate of drug-likeness (QED) is 0.895. The third kappa shape index (κ3) is 3.73. The van der Waals surface area contributed by atoms with Gasteiger partial charge in [0.2, 0.25) is 0 Å². The number of carbonyl (C=O) groups excluding carboxylic acids is 1. The lowest BCUT2D eigenvalue weighted by Crippen LogP contribution is -2.28. The zero-order valence-electron chi connectivity index (χ0n) is 10.8. The highest BCUT2D eigenvalue weighted by Gasteiger charge is 2.27. The summed E-state index contributed by atoms with van der Waals surface area (Å²) in [7, 11) is 0. The van der Waals surface area contributed by atoms with Crippen LogP contribution in [0.15, 0.2) is 22.7 Å². The molecule has 0 aromatic heterocycles. The number of likely N-dealkylation sites (tertiary alicyclic amines) is 1. The molecule has 108 valence electrons. The first-order valence-corrected chi connectivity index (χ1v) is 7.60. The van der Waals surface area contributed by atoms with Gasteiger partial charge in [0.15, 0.2) is 0 Å². The number of aliphatic carboxylic acids is 1. The Kier molecular flexibility index (Phi) is 5.05. The molecule has 1 heterocycles. The van der Waals surface area contributed by atoms with Gasteiger partial charge < -0.3 is 10.0 Å². The predicted molar refractivity (Wildman–Crippen MR) is 80.0 cm³/mol. The predicted octanol–water partition coefficient (Wildman–Crippen LogP) is 3.43. The van der Waals surface area contributed by atoms with E-state index >= 15 is 0 Å². The van der Waals surface area contributed by atoms with Crippen molar-refractivity contribution in [3.8, 4) is 0 Å². The molecule has 0 radical (unpaired) electrons. The zero-order chi connectivity index (χ0) is 14.7. The largest absolute Gasteiger partial charge is 0.481 e. The van der Waals surface area contributed by atoms with Crippen molar-refractivity contribution >= 4 is 39.4 Å². The Morgan fingerprint density at radius 3 is 2.85 bits per heavy atom. The minimum absolute atomic E-state index is 0.0442. The molecule has 1 saturated heterocycles. The first kappa shape index (κ1) is 15.3. The summed E-state index contributed by atoms with van der Waals surface area (Å²) < 4.78 is 0.761. The van der Waals surface area contributed by atoms with Crippen LogP contribution in [0.25, 0.3) is 0 Å². The van der Waals surface area contributed by atoms with E-state index in [1.165, 1.54) is 0 Å². The second-order valence-electron chi connectivity index (χ2n) is 4.97. The molecule has 1 amide bonds. The smallest absolute Gasteiger partial charge is 0.303 e. The molecule has 0 spiro atoms. The third-order valence-corrected chi connectivity index (χ3v) is 4.74. The summed E-state index contributed by atoms with van der Waals surface area (Å²) >= 11 is 9.29. The number of hydrogen-bond donors (Lipinski definition) is 1. The minimum Gasteiger partial charge on any atom is -0.481 e. The highest BCUT2D eigenvalue weighted by atomic mass is 79.9. The molecule has 1 atom stereocenters. The van der Waals surface area contributed by atoms with Crippen molar-refractivity contribution in [2.24, 2.45) is 5.92 Å². The normalized spacial score (nSPS) is 18.3. The van der Waals surface area contributed by atoms with Crippen LogP contribution in [0.5, 0.6) is 0 Å². The van der Waals surface area contributed by atoms with Crippen LogP contribution < -0.4 is 0 Å². The highest BCUT2D eigenvalue weighted by molar-refractivity contribution is 9.10. The number of carboxylic acid groups (broad SMARTS) is 1. The summed E-state index contributed by atoms with van der Waals surface area (Å²) in [5.74, 6) is -0.548. The standard InChI is InChI=1S/C14H15BrClNO3/c15-11-3-2-10(7-12(11)16)14(20)17-6-5-9(8-17)1-4-13(18)19/h2-3,7,9H,1,4-6,8H2,(H,18,19). The fourth-order valence-corrected chi connectivity index (χ4v) is 2.82. The number of carboxylic acids is 1. The van der Waals surface area contributed by atoms with E-state index in [1.807, 2.05) is 0 Å². The molecule has 1 aromatic carbocycles. The Labute approximate surface area is 130 Å². The van der Waals surface area contributed by atoms with Gasteiger partial charge in [0.25, 0.3) is 5.91 Å². The van der Waals surface area contributed by atoms with Crippen LogP contribution in [0.3, 0.4) is 0 Å². The molecule has 1 fully saturated rings. The van der Waals surface area contributed by atoms with E-state index < -0.39 is 5.97 Å². The molecule has 4 nitrogen and oxygen atoms in total. The van der Waals surface area contributed by atoms with Gasteiger partial charge in [-0.2, -0.15) is 0 Å². The number of carbonyl (C=O) groups is 2. The number of benzene rings is 1. The molecule has 1 aliphatic heterocycles. The lowest BCUT2D eigenvalue weighted by molar-refractivity contribution is -0.137. The third-order valence-electron chi connectivity index (χ3n) is 3.51. The number of hydrogen-bond acceptors (Lipinski definition) is 2. The van der Waals surface area contributed by atoms with Crippen LogP contribution in [0, 0.1) is 5.92 Å². The van der Waals surface area contributed by atoms with E-state index in [4.69, 9.17) is 16.7 Å². The van der Waals surface area contributed by atoms with E-state index in [-0.39, 0.29) is 18.2 Å². The molecular weight excluding hydrogens is 346 g/mol. The van der Waals surface area contributed by atoms with Crippen molar-refractivity contribution in [2.75, 3.05) is 13.1 Å². The van der Waals surface area contributed by atoms with Crippen molar-refractivity contribution in [1.82, 2.24) is 4.90 Å². The van der Waals surface area contributed by atoms with Crippen LogP contribution >= 0.6 is 27.5 Å². The molecule has 2 rings (SSSR count). The summed E-state index contributed by atoms with van der Waals surface area (Å²) in [5.41, 5.74) is 0.567. The average molecular weight is 361 g/mol. The second kappa shape index (κ2) is 6.59. The van der Waals surface area contributed by atoms with E-state index in [0.29, 0.717) is 30.1 Å². The number of amides is 1. The molecule has 0 saturated carbocycles. The van der Waals surface area contributed by atoms with Crippen LogP contribution in [0.1, 0.15) is 29.6 Å². The van der Waals surface area contributed by atoms with Crippen LogP contribution in [0.2, 0.25) is 5.02 Å². The van der Waals surface area contributed by atoms with Crippen LogP contribution in [0.4, 0.5) is 0 Å². The molecule has 1 N–H and O–H groups in total. The number of halogens is 2. The maximum atomic E-state index is 12.3. The van der Waals surface area contributed by atoms with Crippen LogP contribution in [-0.4, -0.2) is 35.0 Å². The van der Waals surface area contributed by atoms with E-state index in [1.54, 1.807) is 23.1 Å². The molecule has 1 aliphatic rings. The Hall–Kier alpha value is -1.07. The Balaban J connectivity index is 1.97. The zero-order valence-corrected chi connectivity index (χ0v) is 13.2. The van der Waals surface area contributed by atoms with Gasteiger partial charge in [0.1, 0.15) is 0 Å². The maximum absolute atomic E-state index is 12.3. The SMILES string of the molecule is O=C(O)CCC1CCN(C(=O)c2ccc(Br)c(Cl)c2)C1. The summed E-state index contributed by atoms with van der Waals surface area (Å²) in [4.78, 5) is 24.7. The van der Waals surface area contributed by atoms with Crippen LogP contribution in [-0.2, 0) is 4.79 Å². The molecule has 1 unspecified atom stereocenters. The summed E-state index contributed by atoms with van der Waals surface area (Å²) in [6.07, 6.45) is 1.65. The molecule has 1 aromatic rings. The Morgan fingerprint density at radius 1 is 1.45 bits per heavy atom. The van der Waals surface area contributed by atoms with Gasteiger partial charge in [-0.25, -0.2) is 0 Å². The first-order chi connectivity index (χ1) is 9.47. The van der Waals surface area contributed by atoms with Crippen molar-refractivity contribution in [3.05, 3.63) is 33.3 Å². The van der Waals surface area contributed by atoms with Crippen molar-refractivity contribution in [1.29, 1.82) is 0 Å². The molecule has 0 bridgehead atoms. The van der Waals surface area contributed by atoms with Gasteiger partial charge in [-0.3, -0.25) is 9.59 Å².